The molecule has 0 aromatic heterocycles. The third kappa shape index (κ3) is 3.09. The van der Waals surface area contributed by atoms with Gasteiger partial charge in [-0.1, -0.05) is 36.8 Å². The Morgan fingerprint density at radius 2 is 1.79 bits per heavy atom. The Balaban J connectivity index is 1.89. The average molecular weight is 330 g/mol. The first kappa shape index (κ1) is 17.4. The molecule has 3 rings (SSSR count). The summed E-state index contributed by atoms with van der Waals surface area (Å²) in [6.45, 7) is 7.37. The molecule has 4 heteroatoms. The minimum Gasteiger partial charge on any atom is -0.381 e. The third-order valence-corrected chi connectivity index (χ3v) is 5.88. The summed E-state index contributed by atoms with van der Waals surface area (Å²) in [6.07, 6.45) is 1.57. The van der Waals surface area contributed by atoms with Gasteiger partial charge in [-0.3, -0.25) is 4.79 Å². The predicted octanol–water partition coefficient (Wildman–Crippen LogP) is 2.45. The van der Waals surface area contributed by atoms with E-state index < -0.39 is 5.41 Å². The van der Waals surface area contributed by atoms with Crippen molar-refractivity contribution < 1.29 is 9.53 Å². The minimum atomic E-state index is -0.410. The van der Waals surface area contributed by atoms with Crippen molar-refractivity contribution in [3.8, 4) is 0 Å². The molecular formula is C20H30N2O2. The van der Waals surface area contributed by atoms with Gasteiger partial charge in [0, 0.05) is 32.3 Å². The highest BCUT2D eigenvalue weighted by Gasteiger charge is 2.46. The molecule has 0 saturated carbocycles. The molecule has 4 nitrogen and oxygen atoms in total. The summed E-state index contributed by atoms with van der Waals surface area (Å²) < 4.78 is 5.58. The number of ether oxygens (including phenoxy) is 1. The van der Waals surface area contributed by atoms with Gasteiger partial charge in [-0.15, -0.1) is 0 Å². The van der Waals surface area contributed by atoms with Gasteiger partial charge in [-0.25, -0.2) is 0 Å². The molecule has 0 spiro atoms. The van der Waals surface area contributed by atoms with Crippen molar-refractivity contribution in [3.63, 3.8) is 0 Å². The van der Waals surface area contributed by atoms with Crippen LogP contribution in [0.5, 0.6) is 0 Å². The van der Waals surface area contributed by atoms with E-state index in [-0.39, 0.29) is 0 Å². The average Bonchev–Trinajstić information content (AvgIpc) is 2.97. The number of hydrogen-bond acceptors (Lipinski definition) is 3. The van der Waals surface area contributed by atoms with Crippen molar-refractivity contribution in [2.24, 2.45) is 5.92 Å². The van der Waals surface area contributed by atoms with E-state index in [1.807, 2.05) is 0 Å². The second kappa shape index (κ2) is 6.85. The number of carbonyl (C=O) groups excluding carboxylic acids is 1. The first-order chi connectivity index (χ1) is 11.4. The number of rotatable bonds is 3. The quantitative estimate of drug-likeness (QED) is 0.853. The number of benzene rings is 1. The SMILES string of the molecule is Cc1ccc(C2(C(=O)N3C[C@@H](C)[C@@H](N(C)C)C3)CCOCC2)cc1. The Morgan fingerprint density at radius 3 is 2.33 bits per heavy atom. The zero-order valence-corrected chi connectivity index (χ0v) is 15.4. The molecule has 2 aliphatic heterocycles. The molecule has 2 atom stereocenters. The van der Waals surface area contributed by atoms with Gasteiger partial charge in [-0.2, -0.15) is 0 Å². The number of aryl methyl sites for hydroxylation is 1. The van der Waals surface area contributed by atoms with Crippen molar-refractivity contribution >= 4 is 5.91 Å². The van der Waals surface area contributed by atoms with Crippen LogP contribution in [-0.4, -0.2) is 62.1 Å². The lowest BCUT2D eigenvalue weighted by Gasteiger charge is -2.39. The first-order valence-corrected chi connectivity index (χ1v) is 9.05. The Morgan fingerprint density at radius 1 is 1.17 bits per heavy atom. The molecule has 24 heavy (non-hydrogen) atoms. The Kier molecular flexibility index (Phi) is 4.97. The summed E-state index contributed by atoms with van der Waals surface area (Å²) in [5, 5.41) is 0. The van der Waals surface area contributed by atoms with Crippen LogP contribution in [0.4, 0.5) is 0 Å². The van der Waals surface area contributed by atoms with E-state index in [1.165, 1.54) is 5.56 Å². The lowest BCUT2D eigenvalue weighted by molar-refractivity contribution is -0.140. The van der Waals surface area contributed by atoms with E-state index in [4.69, 9.17) is 4.74 Å². The van der Waals surface area contributed by atoms with Gasteiger partial charge in [0.05, 0.1) is 5.41 Å². The van der Waals surface area contributed by atoms with Crippen LogP contribution < -0.4 is 0 Å². The van der Waals surface area contributed by atoms with E-state index in [1.54, 1.807) is 0 Å². The van der Waals surface area contributed by atoms with Crippen LogP contribution in [-0.2, 0) is 14.9 Å². The zero-order chi connectivity index (χ0) is 17.3. The van der Waals surface area contributed by atoms with Crippen molar-refractivity contribution in [2.45, 2.75) is 38.1 Å². The number of likely N-dealkylation sites (tertiary alicyclic amines) is 1. The van der Waals surface area contributed by atoms with Crippen LogP contribution in [0.25, 0.3) is 0 Å². The largest absolute Gasteiger partial charge is 0.381 e. The lowest BCUT2D eigenvalue weighted by Crippen LogP contribution is -2.49. The smallest absolute Gasteiger partial charge is 0.233 e. The van der Waals surface area contributed by atoms with Gasteiger partial charge in [-0.05, 0) is 45.3 Å². The molecule has 0 unspecified atom stereocenters. The van der Waals surface area contributed by atoms with Gasteiger partial charge in [0.25, 0.3) is 0 Å². The van der Waals surface area contributed by atoms with Crippen molar-refractivity contribution in [1.29, 1.82) is 0 Å². The maximum Gasteiger partial charge on any atom is 0.233 e. The molecule has 132 valence electrons. The number of hydrogen-bond donors (Lipinski definition) is 0. The topological polar surface area (TPSA) is 32.8 Å². The number of carbonyl (C=O) groups is 1. The van der Waals surface area contributed by atoms with E-state index in [0.29, 0.717) is 31.1 Å². The molecule has 1 aromatic carbocycles. The van der Waals surface area contributed by atoms with Gasteiger partial charge in [0.2, 0.25) is 5.91 Å². The monoisotopic (exact) mass is 330 g/mol. The van der Waals surface area contributed by atoms with E-state index >= 15 is 0 Å². The molecule has 0 radical (unpaired) electrons. The van der Waals surface area contributed by atoms with Crippen molar-refractivity contribution in [3.05, 3.63) is 35.4 Å². The van der Waals surface area contributed by atoms with Crippen molar-refractivity contribution in [2.75, 3.05) is 40.4 Å². The predicted molar refractivity (Wildman–Crippen MR) is 96.1 cm³/mol. The van der Waals surface area contributed by atoms with Crippen LogP contribution in [0.15, 0.2) is 24.3 Å². The molecular weight excluding hydrogens is 300 g/mol. The van der Waals surface area contributed by atoms with E-state index in [9.17, 15) is 4.79 Å². The number of amides is 1. The summed E-state index contributed by atoms with van der Waals surface area (Å²) in [5.41, 5.74) is 1.98. The van der Waals surface area contributed by atoms with Gasteiger partial charge in [0.1, 0.15) is 0 Å². The fourth-order valence-electron chi connectivity index (χ4n) is 4.31. The first-order valence-electron chi connectivity index (χ1n) is 9.05. The molecule has 1 amide bonds. The summed E-state index contributed by atoms with van der Waals surface area (Å²) in [7, 11) is 4.22. The molecule has 1 aromatic rings. The van der Waals surface area contributed by atoms with Crippen LogP contribution >= 0.6 is 0 Å². The van der Waals surface area contributed by atoms with Gasteiger partial charge >= 0.3 is 0 Å². The standard InChI is InChI=1S/C20H30N2O2/c1-15-5-7-17(8-6-15)20(9-11-24-12-10-20)19(23)22-13-16(2)18(14-22)21(3)4/h5-8,16,18H,9-14H2,1-4H3/t16-,18+/m1/s1. The Bertz CT molecular complexity index is 576. The lowest BCUT2D eigenvalue weighted by atomic mass is 9.73. The van der Waals surface area contributed by atoms with Crippen LogP contribution in [0.1, 0.15) is 30.9 Å². The molecule has 0 aliphatic carbocycles. The van der Waals surface area contributed by atoms with Crippen LogP contribution in [0.2, 0.25) is 0 Å². The minimum absolute atomic E-state index is 0.297. The highest BCUT2D eigenvalue weighted by Crippen LogP contribution is 2.38. The van der Waals surface area contributed by atoms with Crippen LogP contribution in [0.3, 0.4) is 0 Å². The number of likely N-dealkylation sites (N-methyl/N-ethyl adjacent to an activating group) is 1. The van der Waals surface area contributed by atoms with E-state index in [0.717, 1.165) is 31.5 Å². The fraction of sp³-hybridized carbons (Fsp3) is 0.650. The summed E-state index contributed by atoms with van der Waals surface area (Å²) in [4.78, 5) is 17.9. The highest BCUT2D eigenvalue weighted by molar-refractivity contribution is 5.88. The van der Waals surface area contributed by atoms with E-state index in [2.05, 4.69) is 62.0 Å². The maximum absolute atomic E-state index is 13.6. The maximum atomic E-state index is 13.6. The third-order valence-electron chi connectivity index (χ3n) is 5.88. The normalized spacial score (nSPS) is 26.8. The molecule has 2 fully saturated rings. The van der Waals surface area contributed by atoms with Crippen molar-refractivity contribution in [1.82, 2.24) is 9.80 Å². The zero-order valence-electron chi connectivity index (χ0n) is 15.4. The number of nitrogens with zero attached hydrogens (tertiary/aromatic N) is 2. The second-order valence-electron chi connectivity index (χ2n) is 7.78. The van der Waals surface area contributed by atoms with Gasteiger partial charge in [0.15, 0.2) is 0 Å². The summed E-state index contributed by atoms with van der Waals surface area (Å²) in [6, 6.07) is 8.97. The van der Waals surface area contributed by atoms with Gasteiger partial charge < -0.3 is 14.5 Å². The molecule has 0 bridgehead atoms. The summed E-state index contributed by atoms with van der Waals surface area (Å²) >= 11 is 0. The molecule has 2 saturated heterocycles. The summed E-state index contributed by atoms with van der Waals surface area (Å²) in [5.74, 6) is 0.810. The molecule has 0 N–H and O–H groups in total. The Hall–Kier alpha value is -1.39. The fourth-order valence-corrected chi connectivity index (χ4v) is 4.31. The highest BCUT2D eigenvalue weighted by atomic mass is 16.5. The second-order valence-corrected chi connectivity index (χ2v) is 7.78. The Labute approximate surface area is 145 Å². The molecule has 2 aliphatic rings. The van der Waals surface area contributed by atoms with Crippen LogP contribution in [0, 0.1) is 12.8 Å². The molecule has 2 heterocycles.